The number of hydrogen-bond donors (Lipinski definition) is 1. The average molecular weight is 283 g/mol. The Bertz CT molecular complexity index is 623. The number of aryl methyl sites for hydroxylation is 2. The molecule has 0 atom stereocenters. The summed E-state index contributed by atoms with van der Waals surface area (Å²) in [5.74, 6) is 0. The molecule has 0 saturated heterocycles. The van der Waals surface area contributed by atoms with Crippen molar-refractivity contribution >= 4 is 0 Å². The highest BCUT2D eigenvalue weighted by Crippen LogP contribution is 2.28. The zero-order valence-corrected chi connectivity index (χ0v) is 13.3. The van der Waals surface area contributed by atoms with Crippen molar-refractivity contribution in [3.05, 3.63) is 41.2 Å². The molecule has 21 heavy (non-hydrogen) atoms. The summed E-state index contributed by atoms with van der Waals surface area (Å²) in [6.45, 7) is 8.51. The van der Waals surface area contributed by atoms with Crippen molar-refractivity contribution in [1.29, 1.82) is 0 Å². The molecule has 1 aromatic carbocycles. The van der Waals surface area contributed by atoms with Crippen molar-refractivity contribution < 1.29 is 0 Å². The highest BCUT2D eigenvalue weighted by atomic mass is 15.3. The van der Waals surface area contributed by atoms with Crippen LogP contribution in [-0.4, -0.2) is 15.8 Å². The van der Waals surface area contributed by atoms with Crippen LogP contribution in [0.5, 0.6) is 0 Å². The van der Waals surface area contributed by atoms with E-state index in [1.165, 1.54) is 40.8 Å². The maximum Gasteiger partial charge on any atom is 0.0571 e. The Hall–Kier alpha value is -1.61. The van der Waals surface area contributed by atoms with Gasteiger partial charge in [-0.15, -0.1) is 0 Å². The third-order valence-corrected chi connectivity index (χ3v) is 4.30. The summed E-state index contributed by atoms with van der Waals surface area (Å²) in [7, 11) is 0. The normalized spacial score (nSPS) is 14.6. The van der Waals surface area contributed by atoms with Crippen LogP contribution in [0.2, 0.25) is 0 Å². The van der Waals surface area contributed by atoms with E-state index in [1.807, 2.05) is 6.20 Å². The Morgan fingerprint density at radius 2 is 2.05 bits per heavy atom. The van der Waals surface area contributed by atoms with Gasteiger partial charge in [-0.1, -0.05) is 19.1 Å². The molecule has 3 heteroatoms. The van der Waals surface area contributed by atoms with Crippen molar-refractivity contribution in [2.45, 2.75) is 59.2 Å². The first kappa shape index (κ1) is 14.3. The van der Waals surface area contributed by atoms with Crippen LogP contribution in [0.25, 0.3) is 11.1 Å². The van der Waals surface area contributed by atoms with Gasteiger partial charge >= 0.3 is 0 Å². The Labute approximate surface area is 127 Å². The molecule has 2 aromatic rings. The van der Waals surface area contributed by atoms with Gasteiger partial charge in [0.05, 0.1) is 6.20 Å². The van der Waals surface area contributed by atoms with E-state index in [9.17, 15) is 0 Å². The maximum atomic E-state index is 4.54. The summed E-state index contributed by atoms with van der Waals surface area (Å²) in [4.78, 5) is 0. The monoisotopic (exact) mass is 283 g/mol. The van der Waals surface area contributed by atoms with Crippen LogP contribution in [-0.2, 0) is 13.1 Å². The SMILES string of the molecule is CCCn1ncc(-c2cc(CNC3CC3)ccc2C)c1C. The van der Waals surface area contributed by atoms with Gasteiger partial charge in [-0.25, -0.2) is 0 Å². The predicted molar refractivity (Wildman–Crippen MR) is 87.3 cm³/mol. The molecule has 1 saturated carbocycles. The van der Waals surface area contributed by atoms with Crippen LogP contribution < -0.4 is 5.32 Å². The largest absolute Gasteiger partial charge is 0.310 e. The molecule has 1 heterocycles. The zero-order chi connectivity index (χ0) is 14.8. The van der Waals surface area contributed by atoms with E-state index in [4.69, 9.17) is 0 Å². The van der Waals surface area contributed by atoms with Crippen molar-refractivity contribution in [2.75, 3.05) is 0 Å². The summed E-state index contributed by atoms with van der Waals surface area (Å²) in [6, 6.07) is 7.55. The van der Waals surface area contributed by atoms with E-state index in [-0.39, 0.29) is 0 Å². The zero-order valence-electron chi connectivity index (χ0n) is 13.3. The first-order valence-corrected chi connectivity index (χ1v) is 8.04. The number of rotatable bonds is 6. The minimum Gasteiger partial charge on any atom is -0.310 e. The molecule has 0 aliphatic heterocycles. The first-order chi connectivity index (χ1) is 10.2. The Morgan fingerprint density at radius 1 is 1.24 bits per heavy atom. The van der Waals surface area contributed by atoms with Crippen LogP contribution in [0.3, 0.4) is 0 Å². The van der Waals surface area contributed by atoms with Crippen molar-refractivity contribution in [3.63, 3.8) is 0 Å². The molecule has 1 N–H and O–H groups in total. The molecule has 3 rings (SSSR count). The molecule has 0 radical (unpaired) electrons. The Balaban J connectivity index is 1.87. The molecule has 1 fully saturated rings. The molecule has 1 aliphatic carbocycles. The lowest BCUT2D eigenvalue weighted by molar-refractivity contribution is 0.587. The number of hydrogen-bond acceptors (Lipinski definition) is 2. The third kappa shape index (κ3) is 3.18. The lowest BCUT2D eigenvalue weighted by atomic mass is 9.98. The molecule has 3 nitrogen and oxygen atoms in total. The second-order valence-corrected chi connectivity index (χ2v) is 6.17. The summed E-state index contributed by atoms with van der Waals surface area (Å²) in [6.07, 6.45) is 5.81. The minimum absolute atomic E-state index is 0.754. The van der Waals surface area contributed by atoms with Gasteiger partial charge in [-0.3, -0.25) is 4.68 Å². The quantitative estimate of drug-likeness (QED) is 0.873. The summed E-state index contributed by atoms with van der Waals surface area (Å²) >= 11 is 0. The molecule has 0 bridgehead atoms. The molecule has 0 spiro atoms. The Kier molecular flexibility index (Phi) is 4.11. The highest BCUT2D eigenvalue weighted by molar-refractivity contribution is 5.69. The molecule has 0 amide bonds. The third-order valence-electron chi connectivity index (χ3n) is 4.30. The number of nitrogens with one attached hydrogen (secondary N) is 1. The fourth-order valence-electron chi connectivity index (χ4n) is 2.77. The summed E-state index contributed by atoms with van der Waals surface area (Å²) in [5, 5.41) is 8.13. The smallest absolute Gasteiger partial charge is 0.0571 e. The van der Waals surface area contributed by atoms with Crippen molar-refractivity contribution in [2.24, 2.45) is 0 Å². The van der Waals surface area contributed by atoms with E-state index in [2.05, 4.69) is 54.1 Å². The van der Waals surface area contributed by atoms with Crippen molar-refractivity contribution in [1.82, 2.24) is 15.1 Å². The maximum absolute atomic E-state index is 4.54. The van der Waals surface area contributed by atoms with E-state index in [0.29, 0.717) is 0 Å². The molecule has 112 valence electrons. The number of aromatic nitrogens is 2. The van der Waals surface area contributed by atoms with Gasteiger partial charge in [0.15, 0.2) is 0 Å². The van der Waals surface area contributed by atoms with Crippen LogP contribution in [0, 0.1) is 13.8 Å². The number of nitrogens with zero attached hydrogens (tertiary/aromatic N) is 2. The van der Waals surface area contributed by atoms with E-state index in [0.717, 1.165) is 25.6 Å². The van der Waals surface area contributed by atoms with E-state index in [1.54, 1.807) is 0 Å². The topological polar surface area (TPSA) is 29.9 Å². The van der Waals surface area contributed by atoms with Gasteiger partial charge in [-0.2, -0.15) is 5.10 Å². The van der Waals surface area contributed by atoms with Gasteiger partial charge in [0, 0.05) is 30.4 Å². The van der Waals surface area contributed by atoms with Gasteiger partial charge in [0.1, 0.15) is 0 Å². The first-order valence-electron chi connectivity index (χ1n) is 8.04. The standard InChI is InChI=1S/C18H25N3/c1-4-9-21-14(3)18(12-20-21)17-10-15(6-5-13(17)2)11-19-16-7-8-16/h5-6,10,12,16,19H,4,7-9,11H2,1-3H3. The fraction of sp³-hybridized carbons (Fsp3) is 0.500. The van der Waals surface area contributed by atoms with Gasteiger partial charge < -0.3 is 5.32 Å². The molecule has 0 unspecified atom stereocenters. The van der Waals surface area contributed by atoms with Crippen LogP contribution >= 0.6 is 0 Å². The summed E-state index contributed by atoms with van der Waals surface area (Å²) in [5.41, 5.74) is 6.56. The fourth-order valence-corrected chi connectivity index (χ4v) is 2.77. The van der Waals surface area contributed by atoms with Crippen LogP contribution in [0.1, 0.15) is 43.0 Å². The van der Waals surface area contributed by atoms with Gasteiger partial charge in [0.2, 0.25) is 0 Å². The second kappa shape index (κ2) is 6.02. The molecular formula is C18H25N3. The lowest BCUT2D eigenvalue weighted by Gasteiger charge is -2.10. The molecular weight excluding hydrogens is 258 g/mol. The second-order valence-electron chi connectivity index (χ2n) is 6.17. The van der Waals surface area contributed by atoms with Crippen molar-refractivity contribution in [3.8, 4) is 11.1 Å². The average Bonchev–Trinajstić information content (AvgIpc) is 3.24. The lowest BCUT2D eigenvalue weighted by Crippen LogP contribution is -2.15. The van der Waals surface area contributed by atoms with Crippen LogP contribution in [0.4, 0.5) is 0 Å². The van der Waals surface area contributed by atoms with Gasteiger partial charge in [0.25, 0.3) is 0 Å². The minimum atomic E-state index is 0.754. The Morgan fingerprint density at radius 3 is 2.76 bits per heavy atom. The van der Waals surface area contributed by atoms with E-state index < -0.39 is 0 Å². The van der Waals surface area contributed by atoms with Gasteiger partial charge in [-0.05, 0) is 55.9 Å². The predicted octanol–water partition coefficient (Wildman–Crippen LogP) is 3.83. The number of benzene rings is 1. The van der Waals surface area contributed by atoms with Crippen LogP contribution in [0.15, 0.2) is 24.4 Å². The molecule has 1 aliphatic rings. The molecule has 1 aromatic heterocycles. The summed E-state index contributed by atoms with van der Waals surface area (Å²) < 4.78 is 2.11. The van der Waals surface area contributed by atoms with E-state index >= 15 is 0 Å². The highest BCUT2D eigenvalue weighted by Gasteiger charge is 2.20.